The first-order chi connectivity index (χ1) is 5.22. The minimum atomic E-state index is -0.409. The number of nitrogens with zero attached hydrogens (tertiary/aromatic N) is 1. The predicted octanol–water partition coefficient (Wildman–Crippen LogP) is 0.473. The molecular formula is C7H12ClNO2. The average Bonchev–Trinajstić information content (AvgIpc) is 2.05. The summed E-state index contributed by atoms with van der Waals surface area (Å²) in [5, 5.41) is -0.409. The van der Waals surface area contributed by atoms with Crippen LogP contribution < -0.4 is 0 Å². The van der Waals surface area contributed by atoms with Crippen molar-refractivity contribution in [1.82, 2.24) is 4.90 Å². The predicted molar refractivity (Wildman–Crippen MR) is 42.7 cm³/mol. The number of amides is 1. The summed E-state index contributed by atoms with van der Waals surface area (Å²) < 4.78 is 5.09. The number of hydrogen-bond acceptors (Lipinski definition) is 2. The van der Waals surface area contributed by atoms with Gasteiger partial charge in [0.25, 0.3) is 0 Å². The number of ether oxygens (including phenoxy) is 1. The molecular weight excluding hydrogens is 166 g/mol. The van der Waals surface area contributed by atoms with E-state index in [-0.39, 0.29) is 5.91 Å². The third-order valence-electron chi connectivity index (χ3n) is 1.66. The van der Waals surface area contributed by atoms with Crippen molar-refractivity contribution < 1.29 is 9.53 Å². The van der Waals surface area contributed by atoms with Crippen LogP contribution in [0.15, 0.2) is 0 Å². The van der Waals surface area contributed by atoms with E-state index in [1.165, 1.54) is 0 Å². The van der Waals surface area contributed by atoms with Gasteiger partial charge in [-0.1, -0.05) is 0 Å². The van der Waals surface area contributed by atoms with Crippen molar-refractivity contribution in [2.45, 2.75) is 12.3 Å². The molecule has 0 saturated carbocycles. The molecule has 11 heavy (non-hydrogen) atoms. The number of halogens is 1. The Bertz CT molecular complexity index is 143. The molecule has 0 spiro atoms. The molecule has 1 saturated heterocycles. The monoisotopic (exact) mass is 177 g/mol. The number of hydrogen-bond donors (Lipinski definition) is 0. The molecule has 0 aromatic heterocycles. The number of alkyl halides is 1. The standard InChI is InChI=1S/C7H12ClNO2/c1-6(8)7(10)9-2-4-11-5-3-9/h6H,2-5H2,1H3/t6-/m0/s1. The molecule has 0 aromatic carbocycles. The van der Waals surface area contributed by atoms with Crippen LogP contribution in [0.5, 0.6) is 0 Å². The molecule has 0 N–H and O–H groups in total. The summed E-state index contributed by atoms with van der Waals surface area (Å²) in [4.78, 5) is 13.0. The Kier molecular flexibility index (Phi) is 3.15. The van der Waals surface area contributed by atoms with Crippen molar-refractivity contribution in [3.63, 3.8) is 0 Å². The second-order valence-corrected chi connectivity index (χ2v) is 3.21. The molecule has 0 bridgehead atoms. The fraction of sp³-hybridized carbons (Fsp3) is 0.857. The lowest BCUT2D eigenvalue weighted by Gasteiger charge is -2.27. The third kappa shape index (κ3) is 2.34. The molecule has 1 heterocycles. The largest absolute Gasteiger partial charge is 0.378 e. The van der Waals surface area contributed by atoms with Crippen molar-refractivity contribution >= 4 is 17.5 Å². The van der Waals surface area contributed by atoms with Gasteiger partial charge in [0.2, 0.25) is 5.91 Å². The second-order valence-electron chi connectivity index (χ2n) is 2.55. The molecule has 0 aromatic rings. The highest BCUT2D eigenvalue weighted by molar-refractivity contribution is 6.30. The van der Waals surface area contributed by atoms with Crippen molar-refractivity contribution in [3.05, 3.63) is 0 Å². The van der Waals surface area contributed by atoms with Crippen LogP contribution in [-0.4, -0.2) is 42.5 Å². The van der Waals surface area contributed by atoms with Gasteiger partial charge in [0, 0.05) is 13.1 Å². The van der Waals surface area contributed by atoms with Gasteiger partial charge in [0.05, 0.1) is 13.2 Å². The average molecular weight is 178 g/mol. The zero-order chi connectivity index (χ0) is 8.27. The van der Waals surface area contributed by atoms with Gasteiger partial charge >= 0.3 is 0 Å². The summed E-state index contributed by atoms with van der Waals surface area (Å²) >= 11 is 5.63. The minimum Gasteiger partial charge on any atom is -0.378 e. The van der Waals surface area contributed by atoms with E-state index in [2.05, 4.69) is 0 Å². The van der Waals surface area contributed by atoms with E-state index in [0.717, 1.165) is 0 Å². The molecule has 1 aliphatic rings. The molecule has 1 amide bonds. The molecule has 1 aliphatic heterocycles. The van der Waals surface area contributed by atoms with Gasteiger partial charge in [-0.15, -0.1) is 11.6 Å². The maximum Gasteiger partial charge on any atom is 0.240 e. The van der Waals surface area contributed by atoms with Gasteiger partial charge < -0.3 is 9.64 Å². The highest BCUT2D eigenvalue weighted by Gasteiger charge is 2.20. The molecule has 1 rings (SSSR count). The summed E-state index contributed by atoms with van der Waals surface area (Å²) in [5.41, 5.74) is 0. The molecule has 1 fully saturated rings. The van der Waals surface area contributed by atoms with E-state index in [1.807, 2.05) is 0 Å². The van der Waals surface area contributed by atoms with Crippen LogP contribution in [0.1, 0.15) is 6.92 Å². The summed E-state index contributed by atoms with van der Waals surface area (Å²) in [5.74, 6) is 0.00923. The van der Waals surface area contributed by atoms with Gasteiger partial charge in [-0.25, -0.2) is 0 Å². The van der Waals surface area contributed by atoms with Crippen LogP contribution in [0.3, 0.4) is 0 Å². The maximum absolute atomic E-state index is 11.2. The first-order valence-corrected chi connectivity index (χ1v) is 4.16. The Hall–Kier alpha value is -0.280. The normalized spacial score (nSPS) is 21.5. The van der Waals surface area contributed by atoms with Crippen LogP contribution in [0.4, 0.5) is 0 Å². The fourth-order valence-corrected chi connectivity index (χ4v) is 1.17. The van der Waals surface area contributed by atoms with Crippen LogP contribution >= 0.6 is 11.6 Å². The SMILES string of the molecule is C[C@H](Cl)C(=O)N1CCOCC1. The number of morpholine rings is 1. The van der Waals surface area contributed by atoms with Crippen LogP contribution in [0, 0.1) is 0 Å². The van der Waals surface area contributed by atoms with E-state index in [0.29, 0.717) is 26.3 Å². The fourth-order valence-electron chi connectivity index (χ4n) is 1.04. The summed E-state index contributed by atoms with van der Waals surface area (Å²) in [6.45, 7) is 4.32. The summed E-state index contributed by atoms with van der Waals surface area (Å²) in [6, 6.07) is 0. The number of rotatable bonds is 1. The molecule has 4 heteroatoms. The lowest BCUT2D eigenvalue weighted by Crippen LogP contribution is -2.43. The molecule has 0 aliphatic carbocycles. The molecule has 64 valence electrons. The number of carbonyl (C=O) groups is 1. The van der Waals surface area contributed by atoms with Crippen LogP contribution in [0.25, 0.3) is 0 Å². The number of carbonyl (C=O) groups excluding carboxylic acids is 1. The first-order valence-electron chi connectivity index (χ1n) is 3.72. The van der Waals surface area contributed by atoms with Crippen molar-refractivity contribution in [2.24, 2.45) is 0 Å². The Morgan fingerprint density at radius 1 is 1.55 bits per heavy atom. The van der Waals surface area contributed by atoms with E-state index in [1.54, 1.807) is 11.8 Å². The third-order valence-corrected chi connectivity index (χ3v) is 1.85. The summed E-state index contributed by atoms with van der Waals surface area (Å²) in [7, 11) is 0. The molecule has 3 nitrogen and oxygen atoms in total. The Balaban J connectivity index is 2.39. The Morgan fingerprint density at radius 2 is 2.09 bits per heavy atom. The Morgan fingerprint density at radius 3 is 2.55 bits per heavy atom. The minimum absolute atomic E-state index is 0.00923. The molecule has 0 unspecified atom stereocenters. The second kappa shape index (κ2) is 3.93. The van der Waals surface area contributed by atoms with Gasteiger partial charge in [-0.05, 0) is 6.92 Å². The highest BCUT2D eigenvalue weighted by atomic mass is 35.5. The molecule has 1 atom stereocenters. The van der Waals surface area contributed by atoms with Crippen molar-refractivity contribution in [2.75, 3.05) is 26.3 Å². The zero-order valence-electron chi connectivity index (χ0n) is 6.55. The van der Waals surface area contributed by atoms with Gasteiger partial charge in [0.1, 0.15) is 5.38 Å². The van der Waals surface area contributed by atoms with E-state index >= 15 is 0 Å². The lowest BCUT2D eigenvalue weighted by molar-refractivity contribution is -0.134. The Labute approximate surface area is 71.3 Å². The first kappa shape index (κ1) is 8.81. The van der Waals surface area contributed by atoms with E-state index < -0.39 is 5.38 Å². The van der Waals surface area contributed by atoms with Gasteiger partial charge in [-0.3, -0.25) is 4.79 Å². The van der Waals surface area contributed by atoms with Crippen LogP contribution in [-0.2, 0) is 9.53 Å². The highest BCUT2D eigenvalue weighted by Crippen LogP contribution is 2.04. The van der Waals surface area contributed by atoms with Gasteiger partial charge in [0.15, 0.2) is 0 Å². The lowest BCUT2D eigenvalue weighted by atomic mass is 10.3. The van der Waals surface area contributed by atoms with E-state index in [4.69, 9.17) is 16.3 Å². The van der Waals surface area contributed by atoms with Gasteiger partial charge in [-0.2, -0.15) is 0 Å². The summed E-state index contributed by atoms with van der Waals surface area (Å²) in [6.07, 6.45) is 0. The molecule has 0 radical (unpaired) electrons. The maximum atomic E-state index is 11.2. The quantitative estimate of drug-likeness (QED) is 0.545. The van der Waals surface area contributed by atoms with Crippen LogP contribution in [0.2, 0.25) is 0 Å². The smallest absolute Gasteiger partial charge is 0.240 e. The van der Waals surface area contributed by atoms with Crippen molar-refractivity contribution in [3.8, 4) is 0 Å². The van der Waals surface area contributed by atoms with E-state index in [9.17, 15) is 4.79 Å². The van der Waals surface area contributed by atoms with Crippen molar-refractivity contribution in [1.29, 1.82) is 0 Å². The zero-order valence-corrected chi connectivity index (χ0v) is 7.30. The topological polar surface area (TPSA) is 29.5 Å².